The van der Waals surface area contributed by atoms with Gasteiger partial charge in [0, 0.05) is 19.1 Å². The van der Waals surface area contributed by atoms with E-state index < -0.39 is 10.0 Å². The van der Waals surface area contributed by atoms with E-state index in [0.29, 0.717) is 30.3 Å². The number of carbonyl (C=O) groups excluding carboxylic acids is 1. The second-order valence-electron chi connectivity index (χ2n) is 6.99. The average molecular weight is 355 g/mol. The largest absolute Gasteiger partial charge is 0.360 e. The van der Waals surface area contributed by atoms with Crippen LogP contribution in [0.5, 0.6) is 0 Å². The van der Waals surface area contributed by atoms with Crippen molar-refractivity contribution in [3.63, 3.8) is 0 Å². The van der Waals surface area contributed by atoms with Crippen molar-refractivity contribution in [2.45, 2.75) is 57.4 Å². The molecule has 0 radical (unpaired) electrons. The zero-order valence-corrected chi connectivity index (χ0v) is 15.2. The molecule has 1 aliphatic heterocycles. The number of nitrogens with one attached hydrogen (secondary N) is 1. The molecule has 134 valence electrons. The lowest BCUT2D eigenvalue weighted by Gasteiger charge is -2.31. The van der Waals surface area contributed by atoms with Crippen LogP contribution >= 0.6 is 0 Å². The highest BCUT2D eigenvalue weighted by molar-refractivity contribution is 7.89. The molecule has 2 fully saturated rings. The summed E-state index contributed by atoms with van der Waals surface area (Å²) in [6.45, 7) is 5.88. The van der Waals surface area contributed by atoms with Crippen LogP contribution < -0.4 is 5.32 Å². The molecule has 3 rings (SSSR count). The van der Waals surface area contributed by atoms with E-state index in [-0.39, 0.29) is 29.3 Å². The third-order valence-electron chi connectivity index (χ3n) is 5.02. The van der Waals surface area contributed by atoms with Crippen molar-refractivity contribution in [1.29, 1.82) is 0 Å². The summed E-state index contributed by atoms with van der Waals surface area (Å²) in [5, 5.41) is 6.79. The number of sulfonamides is 1. The van der Waals surface area contributed by atoms with E-state index in [9.17, 15) is 13.2 Å². The Morgan fingerprint density at radius 3 is 2.62 bits per heavy atom. The van der Waals surface area contributed by atoms with Crippen molar-refractivity contribution in [3.05, 3.63) is 11.5 Å². The zero-order chi connectivity index (χ0) is 17.5. The number of aromatic nitrogens is 1. The summed E-state index contributed by atoms with van der Waals surface area (Å²) in [6.07, 6.45) is 3.73. The Morgan fingerprint density at radius 2 is 2.04 bits per heavy atom. The second-order valence-corrected chi connectivity index (χ2v) is 8.86. The van der Waals surface area contributed by atoms with E-state index in [2.05, 4.69) is 10.5 Å². The van der Waals surface area contributed by atoms with Crippen LogP contribution in [0.15, 0.2) is 9.42 Å². The van der Waals surface area contributed by atoms with Crippen molar-refractivity contribution in [1.82, 2.24) is 14.8 Å². The molecule has 0 spiro atoms. The van der Waals surface area contributed by atoms with Crippen molar-refractivity contribution < 1.29 is 17.7 Å². The number of piperidine rings is 1. The molecule has 1 aromatic rings. The number of rotatable bonds is 5. The number of hydrogen-bond acceptors (Lipinski definition) is 5. The minimum absolute atomic E-state index is 0.0342. The molecule has 7 nitrogen and oxygen atoms in total. The van der Waals surface area contributed by atoms with Crippen molar-refractivity contribution >= 4 is 15.9 Å². The van der Waals surface area contributed by atoms with Crippen LogP contribution in [-0.4, -0.2) is 42.9 Å². The summed E-state index contributed by atoms with van der Waals surface area (Å²) < 4.78 is 32.2. The topological polar surface area (TPSA) is 92.5 Å². The highest BCUT2D eigenvalue weighted by Crippen LogP contribution is 2.33. The molecule has 1 N–H and O–H groups in total. The van der Waals surface area contributed by atoms with Crippen LogP contribution in [0.3, 0.4) is 0 Å². The van der Waals surface area contributed by atoms with E-state index in [0.717, 1.165) is 6.42 Å². The van der Waals surface area contributed by atoms with Crippen molar-refractivity contribution in [2.24, 2.45) is 11.8 Å². The third kappa shape index (κ3) is 3.35. The van der Waals surface area contributed by atoms with Crippen LogP contribution in [0.4, 0.5) is 0 Å². The van der Waals surface area contributed by atoms with E-state index in [1.807, 2.05) is 6.92 Å². The summed E-state index contributed by atoms with van der Waals surface area (Å²) >= 11 is 0. The lowest BCUT2D eigenvalue weighted by molar-refractivity contribution is -0.126. The molecule has 2 unspecified atom stereocenters. The molecule has 8 heteroatoms. The second kappa shape index (κ2) is 6.48. The molecule has 1 saturated heterocycles. The molecule has 24 heavy (non-hydrogen) atoms. The van der Waals surface area contributed by atoms with Gasteiger partial charge in [-0.25, -0.2) is 8.42 Å². The molecule has 1 saturated carbocycles. The van der Waals surface area contributed by atoms with E-state index in [1.165, 1.54) is 17.1 Å². The summed E-state index contributed by atoms with van der Waals surface area (Å²) in [6, 6.07) is 0.173. The Balaban J connectivity index is 1.72. The van der Waals surface area contributed by atoms with Gasteiger partial charge in [0.2, 0.25) is 15.9 Å². The fraction of sp³-hybridized carbons (Fsp3) is 0.750. The van der Waals surface area contributed by atoms with Gasteiger partial charge in [-0.15, -0.1) is 0 Å². The molecular formula is C16H25N3O4S. The molecule has 2 atom stereocenters. The van der Waals surface area contributed by atoms with Crippen LogP contribution in [0.2, 0.25) is 0 Å². The number of nitrogens with zero attached hydrogens (tertiary/aromatic N) is 2. The van der Waals surface area contributed by atoms with Crippen LogP contribution in [0, 0.1) is 25.7 Å². The molecule has 1 amide bonds. The molecule has 0 aromatic carbocycles. The maximum atomic E-state index is 12.9. The maximum absolute atomic E-state index is 12.9. The van der Waals surface area contributed by atoms with E-state index in [1.54, 1.807) is 13.8 Å². The van der Waals surface area contributed by atoms with Crippen LogP contribution in [0.25, 0.3) is 0 Å². The number of aryl methyl sites for hydroxylation is 2. The predicted octanol–water partition coefficient (Wildman–Crippen LogP) is 1.61. The average Bonchev–Trinajstić information content (AvgIpc) is 3.33. The van der Waals surface area contributed by atoms with Crippen LogP contribution in [0.1, 0.15) is 44.1 Å². The monoisotopic (exact) mass is 355 g/mol. The molecule has 0 bridgehead atoms. The Hall–Kier alpha value is -1.41. The van der Waals surface area contributed by atoms with E-state index in [4.69, 9.17) is 4.52 Å². The Labute approximate surface area is 142 Å². The fourth-order valence-corrected chi connectivity index (χ4v) is 5.22. The fourth-order valence-electron chi connectivity index (χ4n) is 3.40. The van der Waals surface area contributed by atoms with Crippen molar-refractivity contribution in [2.75, 3.05) is 13.1 Å². The number of amides is 1. The first-order valence-corrected chi connectivity index (χ1v) is 9.98. The van der Waals surface area contributed by atoms with Gasteiger partial charge in [-0.1, -0.05) is 5.16 Å². The van der Waals surface area contributed by atoms with E-state index >= 15 is 0 Å². The van der Waals surface area contributed by atoms with Gasteiger partial charge in [0.05, 0.1) is 5.92 Å². The lowest BCUT2D eigenvalue weighted by Crippen LogP contribution is -2.47. The van der Waals surface area contributed by atoms with Gasteiger partial charge in [-0.05, 0) is 52.4 Å². The third-order valence-corrected chi connectivity index (χ3v) is 7.13. The molecule has 2 heterocycles. The standard InChI is InChI=1S/C16H25N3O4S/c1-10(13-6-7-13)17-16(20)14-5-4-8-19(9-14)24(21,22)15-11(2)18-23-12(15)3/h10,13-14H,4-9H2,1-3H3,(H,17,20). The SMILES string of the molecule is Cc1noc(C)c1S(=O)(=O)N1CCCC(C(=O)NC(C)C2CC2)C1. The molecule has 1 aromatic heterocycles. The van der Waals surface area contributed by atoms with Gasteiger partial charge >= 0.3 is 0 Å². The highest BCUT2D eigenvalue weighted by atomic mass is 32.2. The number of hydrogen-bond donors (Lipinski definition) is 1. The quantitative estimate of drug-likeness (QED) is 0.866. The smallest absolute Gasteiger partial charge is 0.248 e. The minimum Gasteiger partial charge on any atom is -0.360 e. The first-order valence-electron chi connectivity index (χ1n) is 8.54. The summed E-state index contributed by atoms with van der Waals surface area (Å²) in [5.41, 5.74) is 0.362. The van der Waals surface area contributed by atoms with Gasteiger partial charge in [-0.2, -0.15) is 4.31 Å². The highest BCUT2D eigenvalue weighted by Gasteiger charge is 2.37. The molecule has 2 aliphatic rings. The molecule has 1 aliphatic carbocycles. The maximum Gasteiger partial charge on any atom is 0.248 e. The van der Waals surface area contributed by atoms with Gasteiger partial charge in [0.25, 0.3) is 0 Å². The Morgan fingerprint density at radius 1 is 1.33 bits per heavy atom. The summed E-state index contributed by atoms with van der Waals surface area (Å²) in [7, 11) is -3.68. The van der Waals surface area contributed by atoms with Gasteiger partial charge in [0.15, 0.2) is 5.76 Å². The normalized spacial score (nSPS) is 23.9. The lowest BCUT2D eigenvalue weighted by atomic mass is 9.98. The number of carbonyl (C=O) groups is 1. The Bertz CT molecular complexity index is 704. The minimum atomic E-state index is -3.68. The predicted molar refractivity (Wildman–Crippen MR) is 87.8 cm³/mol. The Kier molecular flexibility index (Phi) is 4.70. The van der Waals surface area contributed by atoms with Gasteiger partial charge in [0.1, 0.15) is 10.6 Å². The molecular weight excluding hydrogens is 330 g/mol. The summed E-state index contributed by atoms with van der Waals surface area (Å²) in [4.78, 5) is 12.6. The zero-order valence-electron chi connectivity index (χ0n) is 14.4. The first kappa shape index (κ1) is 17.4. The van der Waals surface area contributed by atoms with Crippen LogP contribution in [-0.2, 0) is 14.8 Å². The first-order chi connectivity index (χ1) is 11.3. The van der Waals surface area contributed by atoms with Gasteiger partial charge < -0.3 is 9.84 Å². The van der Waals surface area contributed by atoms with Gasteiger partial charge in [-0.3, -0.25) is 4.79 Å². The van der Waals surface area contributed by atoms with Crippen molar-refractivity contribution in [3.8, 4) is 0 Å². The summed E-state index contributed by atoms with van der Waals surface area (Å²) in [5.74, 6) is 0.546.